The number of hydrogen-bond acceptors (Lipinski definition) is 5. The second kappa shape index (κ2) is 7.06. The van der Waals surface area contributed by atoms with Gasteiger partial charge in [-0.25, -0.2) is 4.98 Å². The van der Waals surface area contributed by atoms with Gasteiger partial charge in [-0.05, 0) is 72.9 Å². The first-order valence-corrected chi connectivity index (χ1v) is 9.92. The van der Waals surface area contributed by atoms with Gasteiger partial charge in [0, 0.05) is 17.4 Å². The number of anilines is 1. The highest BCUT2D eigenvalue weighted by Gasteiger charge is 2.51. The van der Waals surface area contributed by atoms with Crippen LogP contribution in [0.1, 0.15) is 24.0 Å². The largest absolute Gasteiger partial charge is 0.481 e. The molecule has 1 aliphatic carbocycles. The van der Waals surface area contributed by atoms with Crippen LogP contribution in [0.5, 0.6) is 17.4 Å². The van der Waals surface area contributed by atoms with E-state index in [9.17, 15) is 4.79 Å². The van der Waals surface area contributed by atoms with Crippen LogP contribution in [0.15, 0.2) is 54.7 Å². The number of hydrogen-bond donors (Lipinski definition) is 1. The van der Waals surface area contributed by atoms with Crippen LogP contribution in [0, 0.1) is 6.92 Å². The second-order valence-corrected chi connectivity index (χ2v) is 7.69. The first-order chi connectivity index (χ1) is 14.6. The zero-order valence-corrected chi connectivity index (χ0v) is 16.9. The summed E-state index contributed by atoms with van der Waals surface area (Å²) in [6.07, 6.45) is 3.33. The number of amides is 1. The molecule has 6 heteroatoms. The maximum Gasteiger partial charge on any atom is 0.235 e. The van der Waals surface area contributed by atoms with Crippen molar-refractivity contribution in [2.24, 2.45) is 0 Å². The summed E-state index contributed by atoms with van der Waals surface area (Å²) >= 11 is 0. The summed E-state index contributed by atoms with van der Waals surface area (Å²) in [6.45, 7) is 2.25. The minimum Gasteiger partial charge on any atom is -0.481 e. The minimum absolute atomic E-state index is 0.00526. The van der Waals surface area contributed by atoms with Gasteiger partial charge in [-0.1, -0.05) is 12.1 Å². The normalized spacial score (nSPS) is 15.5. The van der Waals surface area contributed by atoms with E-state index in [2.05, 4.69) is 10.3 Å². The predicted molar refractivity (Wildman–Crippen MR) is 113 cm³/mol. The Hall–Kier alpha value is -3.54. The zero-order valence-electron chi connectivity index (χ0n) is 16.9. The molecule has 30 heavy (non-hydrogen) atoms. The molecule has 0 spiro atoms. The number of nitrogens with zero attached hydrogens (tertiary/aromatic N) is 1. The van der Waals surface area contributed by atoms with E-state index in [-0.39, 0.29) is 12.7 Å². The van der Waals surface area contributed by atoms with Crippen molar-refractivity contribution < 1.29 is 19.0 Å². The molecular formula is C24H22N2O4. The number of methoxy groups -OCH3 is 1. The maximum absolute atomic E-state index is 13.2. The summed E-state index contributed by atoms with van der Waals surface area (Å²) in [5.41, 5.74) is 4.15. The van der Waals surface area contributed by atoms with E-state index in [1.807, 2.05) is 55.5 Å². The first-order valence-electron chi connectivity index (χ1n) is 9.92. The molecule has 152 valence electrons. The lowest BCUT2D eigenvalue weighted by Crippen LogP contribution is -2.27. The molecule has 3 aromatic rings. The van der Waals surface area contributed by atoms with Gasteiger partial charge in [-0.3, -0.25) is 4.79 Å². The average Bonchev–Trinajstić information content (AvgIpc) is 3.46. The van der Waals surface area contributed by atoms with Crippen molar-refractivity contribution in [2.45, 2.75) is 25.2 Å². The molecule has 0 atom stereocenters. The summed E-state index contributed by atoms with van der Waals surface area (Å²) in [4.78, 5) is 17.5. The number of benzene rings is 2. The molecule has 2 heterocycles. The molecular weight excluding hydrogens is 380 g/mol. The number of aryl methyl sites for hydroxylation is 1. The summed E-state index contributed by atoms with van der Waals surface area (Å²) in [7, 11) is 1.61. The number of nitrogens with one attached hydrogen (secondary N) is 1. The zero-order chi connectivity index (χ0) is 20.7. The molecule has 1 amide bonds. The summed E-state index contributed by atoms with van der Waals surface area (Å²) in [6, 6.07) is 15.5. The minimum atomic E-state index is -0.516. The number of rotatable bonds is 5. The fourth-order valence-corrected chi connectivity index (χ4v) is 3.97. The SMILES string of the molecule is COc1ncccc1-c1cc(NC(=O)C2(c3ccc4c(c3)OCO4)CC2)ccc1C. The van der Waals surface area contributed by atoms with Crippen molar-refractivity contribution in [3.05, 3.63) is 65.9 Å². The van der Waals surface area contributed by atoms with Crippen molar-refractivity contribution in [1.82, 2.24) is 4.98 Å². The van der Waals surface area contributed by atoms with Crippen LogP contribution in [0.25, 0.3) is 11.1 Å². The van der Waals surface area contributed by atoms with Gasteiger partial charge >= 0.3 is 0 Å². The molecule has 5 rings (SSSR count). The van der Waals surface area contributed by atoms with Crippen molar-refractivity contribution in [2.75, 3.05) is 19.2 Å². The van der Waals surface area contributed by atoms with E-state index >= 15 is 0 Å². The number of fused-ring (bicyclic) bond motifs is 1. The van der Waals surface area contributed by atoms with E-state index in [1.165, 1.54) is 0 Å². The summed E-state index contributed by atoms with van der Waals surface area (Å²) in [5.74, 6) is 1.98. The van der Waals surface area contributed by atoms with Gasteiger partial charge in [0.15, 0.2) is 11.5 Å². The van der Waals surface area contributed by atoms with Crippen LogP contribution in [-0.2, 0) is 10.2 Å². The molecule has 2 aromatic carbocycles. The molecule has 1 aliphatic heterocycles. The third-order valence-corrected chi connectivity index (χ3v) is 5.86. The van der Waals surface area contributed by atoms with E-state index in [0.717, 1.165) is 46.5 Å². The Morgan fingerprint density at radius 1 is 1.07 bits per heavy atom. The molecule has 0 bridgehead atoms. The van der Waals surface area contributed by atoms with Gasteiger partial charge in [0.05, 0.1) is 12.5 Å². The average molecular weight is 402 g/mol. The molecule has 6 nitrogen and oxygen atoms in total. The van der Waals surface area contributed by atoms with Gasteiger partial charge in [-0.2, -0.15) is 0 Å². The smallest absolute Gasteiger partial charge is 0.235 e. The molecule has 0 unspecified atom stereocenters. The Labute approximate surface area is 174 Å². The van der Waals surface area contributed by atoms with Crippen molar-refractivity contribution >= 4 is 11.6 Å². The van der Waals surface area contributed by atoms with Crippen LogP contribution in [0.3, 0.4) is 0 Å². The topological polar surface area (TPSA) is 69.7 Å². The monoisotopic (exact) mass is 402 g/mol. The Morgan fingerprint density at radius 3 is 2.70 bits per heavy atom. The van der Waals surface area contributed by atoms with E-state index < -0.39 is 5.41 Å². The van der Waals surface area contributed by atoms with Gasteiger partial charge < -0.3 is 19.5 Å². The van der Waals surface area contributed by atoms with Gasteiger partial charge in [0.1, 0.15) is 0 Å². The lowest BCUT2D eigenvalue weighted by atomic mass is 9.94. The summed E-state index contributed by atoms with van der Waals surface area (Å²) in [5, 5.41) is 3.11. The highest BCUT2D eigenvalue weighted by molar-refractivity contribution is 6.02. The number of ether oxygens (including phenoxy) is 3. The molecule has 1 aromatic heterocycles. The maximum atomic E-state index is 13.2. The molecule has 1 saturated carbocycles. The lowest BCUT2D eigenvalue weighted by molar-refractivity contribution is -0.118. The fourth-order valence-electron chi connectivity index (χ4n) is 3.97. The van der Waals surface area contributed by atoms with E-state index in [4.69, 9.17) is 14.2 Å². The summed E-state index contributed by atoms with van der Waals surface area (Å²) < 4.78 is 16.3. The highest BCUT2D eigenvalue weighted by atomic mass is 16.7. The van der Waals surface area contributed by atoms with E-state index in [0.29, 0.717) is 11.6 Å². The van der Waals surface area contributed by atoms with Crippen LogP contribution in [0.2, 0.25) is 0 Å². The third kappa shape index (κ3) is 3.05. The second-order valence-electron chi connectivity index (χ2n) is 7.69. The fraction of sp³-hybridized carbons (Fsp3) is 0.250. The van der Waals surface area contributed by atoms with Gasteiger partial charge in [0.2, 0.25) is 18.6 Å². The van der Waals surface area contributed by atoms with Crippen molar-refractivity contribution in [3.8, 4) is 28.5 Å². The number of aromatic nitrogens is 1. The molecule has 1 fully saturated rings. The van der Waals surface area contributed by atoms with Crippen LogP contribution in [0.4, 0.5) is 5.69 Å². The van der Waals surface area contributed by atoms with Crippen LogP contribution >= 0.6 is 0 Å². The van der Waals surface area contributed by atoms with Gasteiger partial charge in [-0.15, -0.1) is 0 Å². The number of carbonyl (C=O) groups is 1. The van der Waals surface area contributed by atoms with Gasteiger partial charge in [0.25, 0.3) is 0 Å². The Kier molecular flexibility index (Phi) is 4.35. The van der Waals surface area contributed by atoms with Crippen LogP contribution < -0.4 is 19.5 Å². The Bertz CT molecular complexity index is 1140. The van der Waals surface area contributed by atoms with Crippen molar-refractivity contribution in [1.29, 1.82) is 0 Å². The molecule has 1 N–H and O–H groups in total. The van der Waals surface area contributed by atoms with E-state index in [1.54, 1.807) is 13.3 Å². The Balaban J connectivity index is 1.43. The number of carbonyl (C=O) groups excluding carboxylic acids is 1. The Morgan fingerprint density at radius 2 is 1.90 bits per heavy atom. The van der Waals surface area contributed by atoms with Crippen LogP contribution in [-0.4, -0.2) is 24.8 Å². The lowest BCUT2D eigenvalue weighted by Gasteiger charge is -2.17. The number of pyridine rings is 1. The third-order valence-electron chi connectivity index (χ3n) is 5.86. The quantitative estimate of drug-likeness (QED) is 0.682. The first kappa shape index (κ1) is 18.5. The highest BCUT2D eigenvalue weighted by Crippen LogP contribution is 2.51. The molecule has 0 radical (unpaired) electrons. The predicted octanol–water partition coefficient (Wildman–Crippen LogP) is 4.46. The van der Waals surface area contributed by atoms with Crippen molar-refractivity contribution in [3.63, 3.8) is 0 Å². The standard InChI is InChI=1S/C24H22N2O4/c1-15-5-7-17(13-19(15)18-4-3-11-25-22(18)28-2)26-23(27)24(9-10-24)16-6-8-20-21(12-16)30-14-29-20/h3-8,11-13H,9-10,14H2,1-2H3,(H,26,27). The molecule has 2 aliphatic rings. The molecule has 0 saturated heterocycles.